The van der Waals surface area contributed by atoms with Gasteiger partial charge in [0, 0.05) is 30.1 Å². The minimum absolute atomic E-state index is 0.108. The third-order valence-corrected chi connectivity index (χ3v) is 3.08. The molecule has 0 unspecified atom stereocenters. The third kappa shape index (κ3) is 3.86. The van der Waals surface area contributed by atoms with Crippen molar-refractivity contribution in [3.05, 3.63) is 47.1 Å². The Kier molecular flexibility index (Phi) is 4.79. The van der Waals surface area contributed by atoms with Gasteiger partial charge in [0.15, 0.2) is 5.78 Å². The van der Waals surface area contributed by atoms with Gasteiger partial charge in [-0.3, -0.25) is 4.79 Å². The first kappa shape index (κ1) is 13.1. The summed E-state index contributed by atoms with van der Waals surface area (Å²) < 4.78 is 5.25. The molecule has 2 rings (SSSR count). The van der Waals surface area contributed by atoms with Gasteiger partial charge >= 0.3 is 0 Å². The summed E-state index contributed by atoms with van der Waals surface area (Å²) in [5, 5.41) is 0.649. The highest BCUT2D eigenvalue weighted by Gasteiger charge is 2.06. The Morgan fingerprint density at radius 2 is 1.94 bits per heavy atom. The zero-order valence-corrected chi connectivity index (χ0v) is 10.9. The van der Waals surface area contributed by atoms with Crippen molar-refractivity contribution in [2.45, 2.75) is 6.42 Å². The minimum atomic E-state index is 0.108. The minimum Gasteiger partial charge on any atom is -0.378 e. The number of benzene rings is 1. The molecule has 18 heavy (non-hydrogen) atoms. The summed E-state index contributed by atoms with van der Waals surface area (Å²) in [4.78, 5) is 14.0. The van der Waals surface area contributed by atoms with Gasteiger partial charge in [0.25, 0.3) is 0 Å². The number of ether oxygens (including phenoxy) is 1. The molecule has 1 fully saturated rings. The highest BCUT2D eigenvalue weighted by atomic mass is 35.5. The van der Waals surface area contributed by atoms with Crippen LogP contribution in [0.5, 0.6) is 0 Å². The number of carbonyl (C=O) groups excluding carboxylic acids is 1. The Labute approximate surface area is 112 Å². The van der Waals surface area contributed by atoms with E-state index < -0.39 is 0 Å². The van der Waals surface area contributed by atoms with Crippen LogP contribution in [0.4, 0.5) is 0 Å². The summed E-state index contributed by atoms with van der Waals surface area (Å²) >= 11 is 5.78. The van der Waals surface area contributed by atoms with Crippen molar-refractivity contribution in [2.75, 3.05) is 26.3 Å². The average molecular weight is 266 g/mol. The van der Waals surface area contributed by atoms with E-state index in [1.54, 1.807) is 24.3 Å². The van der Waals surface area contributed by atoms with Gasteiger partial charge in [-0.05, 0) is 30.5 Å². The van der Waals surface area contributed by atoms with Crippen LogP contribution in [-0.4, -0.2) is 37.0 Å². The fraction of sp³-hybridized carbons (Fsp3) is 0.357. The van der Waals surface area contributed by atoms with Crippen LogP contribution in [0.2, 0.25) is 5.02 Å². The second-order valence-corrected chi connectivity index (χ2v) is 4.60. The van der Waals surface area contributed by atoms with Gasteiger partial charge in [-0.15, -0.1) is 0 Å². The van der Waals surface area contributed by atoms with Crippen molar-refractivity contribution in [2.24, 2.45) is 0 Å². The van der Waals surface area contributed by atoms with Crippen molar-refractivity contribution in [1.82, 2.24) is 4.90 Å². The molecule has 3 nitrogen and oxygen atoms in total. The van der Waals surface area contributed by atoms with Crippen molar-refractivity contribution in [3.8, 4) is 0 Å². The summed E-state index contributed by atoms with van der Waals surface area (Å²) in [5.74, 6) is 0.108. The van der Waals surface area contributed by atoms with Crippen LogP contribution in [0, 0.1) is 0 Å². The zero-order chi connectivity index (χ0) is 12.8. The largest absolute Gasteiger partial charge is 0.378 e. The summed E-state index contributed by atoms with van der Waals surface area (Å²) in [6.45, 7) is 3.31. The van der Waals surface area contributed by atoms with Gasteiger partial charge < -0.3 is 9.64 Å². The number of morpholine rings is 1. The summed E-state index contributed by atoms with van der Waals surface area (Å²) in [6.07, 6.45) is 4.30. The molecule has 1 saturated heterocycles. The second-order valence-electron chi connectivity index (χ2n) is 4.17. The summed E-state index contributed by atoms with van der Waals surface area (Å²) in [5.41, 5.74) is 0.700. The van der Waals surface area contributed by atoms with E-state index in [9.17, 15) is 4.79 Å². The van der Waals surface area contributed by atoms with E-state index in [1.807, 2.05) is 12.3 Å². The second kappa shape index (κ2) is 6.57. The SMILES string of the molecule is O=C(CC=CN1CCOCC1)c1ccc(Cl)cc1. The first-order valence-electron chi connectivity index (χ1n) is 6.03. The summed E-state index contributed by atoms with van der Waals surface area (Å²) in [6, 6.07) is 6.99. The molecule has 0 N–H and O–H groups in total. The molecule has 96 valence electrons. The molecule has 0 aromatic heterocycles. The standard InChI is InChI=1S/C14H16ClNO2/c15-13-5-3-12(4-6-13)14(17)2-1-7-16-8-10-18-11-9-16/h1,3-7H,2,8-11H2. The molecule has 1 aliphatic rings. The van der Waals surface area contributed by atoms with E-state index in [-0.39, 0.29) is 5.78 Å². The number of ketones is 1. The fourth-order valence-corrected chi connectivity index (χ4v) is 1.91. The lowest BCUT2D eigenvalue weighted by atomic mass is 10.1. The maximum atomic E-state index is 11.9. The molecule has 1 aliphatic heterocycles. The average Bonchev–Trinajstić information content (AvgIpc) is 2.40. The van der Waals surface area contributed by atoms with Gasteiger partial charge in [0.05, 0.1) is 13.2 Å². The lowest BCUT2D eigenvalue weighted by Crippen LogP contribution is -2.32. The predicted octanol–water partition coefficient (Wildman–Crippen LogP) is 2.76. The molecule has 1 aromatic rings. The molecule has 1 heterocycles. The lowest BCUT2D eigenvalue weighted by molar-refractivity contribution is 0.0592. The van der Waals surface area contributed by atoms with Crippen molar-refractivity contribution in [3.63, 3.8) is 0 Å². The molecule has 1 aromatic carbocycles. The van der Waals surface area contributed by atoms with Crippen LogP contribution in [0.1, 0.15) is 16.8 Å². The van der Waals surface area contributed by atoms with Crippen molar-refractivity contribution in [1.29, 1.82) is 0 Å². The number of halogens is 1. The van der Waals surface area contributed by atoms with E-state index in [4.69, 9.17) is 16.3 Å². The molecule has 0 aliphatic carbocycles. The van der Waals surface area contributed by atoms with Crippen LogP contribution in [0.3, 0.4) is 0 Å². The first-order chi connectivity index (χ1) is 8.75. The Hall–Kier alpha value is -1.32. The number of rotatable bonds is 4. The number of allylic oxidation sites excluding steroid dienone is 1. The van der Waals surface area contributed by atoms with Gasteiger partial charge in [-0.25, -0.2) is 0 Å². The lowest BCUT2D eigenvalue weighted by Gasteiger charge is -2.24. The highest BCUT2D eigenvalue weighted by Crippen LogP contribution is 2.11. The summed E-state index contributed by atoms with van der Waals surface area (Å²) in [7, 11) is 0. The molecule has 0 atom stereocenters. The number of Topliss-reactive ketones (excluding diaryl/α,β-unsaturated/α-hetero) is 1. The maximum Gasteiger partial charge on any atom is 0.166 e. The molecule has 0 bridgehead atoms. The zero-order valence-electron chi connectivity index (χ0n) is 10.1. The number of hydrogen-bond donors (Lipinski definition) is 0. The van der Waals surface area contributed by atoms with Crippen LogP contribution in [0.15, 0.2) is 36.5 Å². The smallest absolute Gasteiger partial charge is 0.166 e. The predicted molar refractivity (Wildman–Crippen MR) is 71.9 cm³/mol. The van der Waals surface area contributed by atoms with Crippen LogP contribution < -0.4 is 0 Å². The van der Waals surface area contributed by atoms with Crippen molar-refractivity contribution >= 4 is 17.4 Å². The van der Waals surface area contributed by atoms with Crippen molar-refractivity contribution < 1.29 is 9.53 Å². The molecule has 4 heteroatoms. The van der Waals surface area contributed by atoms with E-state index in [0.29, 0.717) is 17.0 Å². The van der Waals surface area contributed by atoms with Crippen LogP contribution in [-0.2, 0) is 4.74 Å². The monoisotopic (exact) mass is 265 g/mol. The quantitative estimate of drug-likeness (QED) is 0.784. The van der Waals surface area contributed by atoms with Gasteiger partial charge in [0.1, 0.15) is 0 Å². The Morgan fingerprint density at radius 3 is 2.61 bits per heavy atom. The maximum absolute atomic E-state index is 11.9. The molecular formula is C14H16ClNO2. The number of hydrogen-bond acceptors (Lipinski definition) is 3. The number of carbonyl (C=O) groups is 1. The van der Waals surface area contributed by atoms with Crippen LogP contribution >= 0.6 is 11.6 Å². The normalized spacial score (nSPS) is 16.2. The van der Waals surface area contributed by atoms with E-state index in [1.165, 1.54) is 0 Å². The Morgan fingerprint density at radius 1 is 1.28 bits per heavy atom. The van der Waals surface area contributed by atoms with E-state index in [0.717, 1.165) is 26.3 Å². The Bertz CT molecular complexity index is 422. The molecule has 0 saturated carbocycles. The molecule has 0 radical (unpaired) electrons. The van der Waals surface area contributed by atoms with Crippen LogP contribution in [0.25, 0.3) is 0 Å². The molecule has 0 spiro atoms. The number of nitrogens with zero attached hydrogens (tertiary/aromatic N) is 1. The Balaban J connectivity index is 1.83. The van der Waals surface area contributed by atoms with Gasteiger partial charge in [0.2, 0.25) is 0 Å². The fourth-order valence-electron chi connectivity index (χ4n) is 1.79. The van der Waals surface area contributed by atoms with Gasteiger partial charge in [-0.2, -0.15) is 0 Å². The van der Waals surface area contributed by atoms with E-state index >= 15 is 0 Å². The molecule has 0 amide bonds. The topological polar surface area (TPSA) is 29.5 Å². The first-order valence-corrected chi connectivity index (χ1v) is 6.41. The van der Waals surface area contributed by atoms with E-state index in [2.05, 4.69) is 4.90 Å². The molecular weight excluding hydrogens is 250 g/mol. The van der Waals surface area contributed by atoms with Gasteiger partial charge in [-0.1, -0.05) is 17.7 Å². The third-order valence-electron chi connectivity index (χ3n) is 2.83. The highest BCUT2D eigenvalue weighted by molar-refractivity contribution is 6.30.